The van der Waals surface area contributed by atoms with Crippen molar-refractivity contribution in [2.24, 2.45) is 0 Å². The van der Waals surface area contributed by atoms with Gasteiger partial charge in [-0.25, -0.2) is 28.8 Å². The molecule has 0 bridgehead atoms. The quantitative estimate of drug-likeness (QED) is 0.0777. The van der Waals surface area contributed by atoms with Crippen molar-refractivity contribution in [2.45, 2.75) is 20.8 Å². The molecule has 0 spiro atoms. The highest BCUT2D eigenvalue weighted by molar-refractivity contribution is 5.92. The van der Waals surface area contributed by atoms with Crippen molar-refractivity contribution >= 4 is 36.2 Å². The molecule has 0 aromatic heterocycles. The van der Waals surface area contributed by atoms with Gasteiger partial charge in [0.05, 0.1) is 11.1 Å². The van der Waals surface area contributed by atoms with Crippen molar-refractivity contribution in [3.63, 3.8) is 0 Å². The highest BCUT2D eigenvalue weighted by Gasteiger charge is 2.16. The van der Waals surface area contributed by atoms with E-state index in [0.717, 1.165) is 0 Å². The van der Waals surface area contributed by atoms with Crippen LogP contribution in [0.1, 0.15) is 40.1 Å². The number of carbonyl (C=O) groups excluding carboxylic acids is 6. The molecule has 47 heavy (non-hydrogen) atoms. The van der Waals surface area contributed by atoms with E-state index >= 15 is 0 Å². The fraction of sp³-hybridized carbons (Fsp3) is 0.152. The van der Waals surface area contributed by atoms with Gasteiger partial charge in [-0.15, -0.1) is 0 Å². The number of esters is 4. The van der Waals surface area contributed by atoms with E-state index < -0.39 is 49.8 Å². The molecule has 14 heteroatoms. The number of hydrogen-bond donors (Lipinski definition) is 0. The van der Waals surface area contributed by atoms with Crippen LogP contribution in [-0.2, 0) is 28.5 Å². The van der Waals surface area contributed by atoms with Crippen LogP contribution in [0.3, 0.4) is 0 Å². The van der Waals surface area contributed by atoms with E-state index in [-0.39, 0.29) is 45.3 Å². The Morgan fingerprint density at radius 2 is 0.936 bits per heavy atom. The van der Waals surface area contributed by atoms with Crippen molar-refractivity contribution in [3.05, 3.63) is 108 Å². The smallest absolute Gasteiger partial charge is 0.424 e. The van der Waals surface area contributed by atoms with Gasteiger partial charge in [0.1, 0.15) is 23.0 Å². The maximum atomic E-state index is 12.6. The summed E-state index contributed by atoms with van der Waals surface area (Å²) < 4.78 is 39.2. The van der Waals surface area contributed by atoms with Gasteiger partial charge in [0, 0.05) is 11.1 Å². The van der Waals surface area contributed by atoms with E-state index in [1.54, 1.807) is 6.92 Å². The lowest BCUT2D eigenvalue weighted by atomic mass is 10.2. The molecular formula is C33H28O14. The molecule has 3 rings (SSSR count). The van der Waals surface area contributed by atoms with Crippen LogP contribution < -0.4 is 18.9 Å². The highest BCUT2D eigenvalue weighted by Crippen LogP contribution is 2.26. The van der Waals surface area contributed by atoms with Gasteiger partial charge >= 0.3 is 36.2 Å². The van der Waals surface area contributed by atoms with Crippen LogP contribution in [-0.4, -0.2) is 49.8 Å². The van der Waals surface area contributed by atoms with Crippen LogP contribution in [0.5, 0.6) is 23.0 Å². The summed E-state index contributed by atoms with van der Waals surface area (Å²) in [7, 11) is 0. The van der Waals surface area contributed by atoms with Crippen LogP contribution >= 0.6 is 0 Å². The highest BCUT2D eigenvalue weighted by atomic mass is 16.8. The van der Waals surface area contributed by atoms with E-state index in [1.165, 1.54) is 80.6 Å². The van der Waals surface area contributed by atoms with Gasteiger partial charge in [0.15, 0.2) is 0 Å². The van der Waals surface area contributed by atoms with Crippen molar-refractivity contribution in [2.75, 3.05) is 13.6 Å². The summed E-state index contributed by atoms with van der Waals surface area (Å²) in [5, 5.41) is 0. The van der Waals surface area contributed by atoms with Gasteiger partial charge in [0.2, 0.25) is 13.6 Å². The van der Waals surface area contributed by atoms with Crippen molar-refractivity contribution < 1.29 is 66.7 Å². The summed E-state index contributed by atoms with van der Waals surface area (Å²) in [6, 6.07) is 15.1. The topological polar surface area (TPSA) is 176 Å². The number of carbonyl (C=O) groups is 6. The molecule has 3 aromatic carbocycles. The molecule has 0 radical (unpaired) electrons. The van der Waals surface area contributed by atoms with E-state index in [2.05, 4.69) is 32.1 Å². The fourth-order valence-corrected chi connectivity index (χ4v) is 3.20. The summed E-state index contributed by atoms with van der Waals surface area (Å²) in [5.74, 6) is -2.40. The maximum absolute atomic E-state index is 12.6. The number of ether oxygens (including phenoxy) is 8. The van der Waals surface area contributed by atoms with Crippen molar-refractivity contribution in [1.29, 1.82) is 0 Å². The van der Waals surface area contributed by atoms with Gasteiger partial charge in [-0.2, -0.15) is 0 Å². The Labute approximate surface area is 268 Å². The van der Waals surface area contributed by atoms with Gasteiger partial charge in [-0.05, 0) is 93.1 Å². The zero-order valence-electron chi connectivity index (χ0n) is 25.4. The van der Waals surface area contributed by atoms with Crippen LogP contribution in [0.2, 0.25) is 0 Å². The van der Waals surface area contributed by atoms with E-state index in [4.69, 9.17) is 18.9 Å². The first-order valence-corrected chi connectivity index (χ1v) is 13.4. The Balaban J connectivity index is 1.48. The summed E-state index contributed by atoms with van der Waals surface area (Å²) in [4.78, 5) is 71.3. The molecule has 0 atom stereocenters. The Kier molecular flexibility index (Phi) is 12.4. The molecule has 0 aliphatic rings. The third kappa shape index (κ3) is 11.2. The third-order valence-electron chi connectivity index (χ3n) is 5.57. The maximum Gasteiger partial charge on any atom is 0.516 e. The lowest BCUT2D eigenvalue weighted by molar-refractivity contribution is -0.148. The molecule has 244 valence electrons. The molecule has 0 aliphatic heterocycles. The average molecular weight is 649 g/mol. The Morgan fingerprint density at radius 3 is 1.34 bits per heavy atom. The summed E-state index contributed by atoms with van der Waals surface area (Å²) in [6.45, 7) is 9.98. The Hall–Kier alpha value is -6.44. The normalized spacial score (nSPS) is 10.0. The first kappa shape index (κ1) is 35.0. The lowest BCUT2D eigenvalue weighted by Crippen LogP contribution is -2.16. The zero-order valence-corrected chi connectivity index (χ0v) is 25.4. The van der Waals surface area contributed by atoms with Crippen LogP contribution in [0.15, 0.2) is 91.0 Å². The number of aryl methyl sites for hydroxylation is 1. The molecule has 0 heterocycles. The van der Waals surface area contributed by atoms with Gasteiger partial charge in [-0.3, -0.25) is 0 Å². The molecule has 0 saturated heterocycles. The second-order valence-electron chi connectivity index (χ2n) is 9.41. The van der Waals surface area contributed by atoms with Gasteiger partial charge in [0.25, 0.3) is 0 Å². The summed E-state index contributed by atoms with van der Waals surface area (Å²) >= 11 is 0. The van der Waals surface area contributed by atoms with Gasteiger partial charge in [-0.1, -0.05) is 13.2 Å². The molecular weight excluding hydrogens is 620 g/mol. The second kappa shape index (κ2) is 16.6. The van der Waals surface area contributed by atoms with Crippen molar-refractivity contribution in [3.8, 4) is 23.0 Å². The monoisotopic (exact) mass is 648 g/mol. The standard InChI is InChI=1S/C33H28O14/c1-19(2)28(34)40-17-42-32(38)45-24-10-6-22(7-11-24)30(36)44-26-14-15-27(21(5)16-26)47-31(37)23-8-12-25(13-9-23)46-33(39)43-18-41-29(35)20(3)4/h6-16H,1,3,17-18H2,2,4-5H3. The van der Waals surface area contributed by atoms with Crippen LogP contribution in [0, 0.1) is 6.92 Å². The summed E-state index contributed by atoms with van der Waals surface area (Å²) in [6.07, 6.45) is -2.26. The number of benzene rings is 3. The van der Waals surface area contributed by atoms with E-state index in [9.17, 15) is 28.8 Å². The first-order chi connectivity index (χ1) is 22.3. The Bertz CT molecular complexity index is 1690. The molecule has 0 saturated carbocycles. The molecule has 0 N–H and O–H groups in total. The minimum Gasteiger partial charge on any atom is -0.424 e. The second-order valence-corrected chi connectivity index (χ2v) is 9.41. The minimum absolute atomic E-state index is 0.0586. The molecule has 0 amide bonds. The van der Waals surface area contributed by atoms with Gasteiger partial charge < -0.3 is 37.9 Å². The SMILES string of the molecule is C=C(C)C(=O)OCOC(=O)Oc1ccc(C(=O)Oc2ccc(OC(=O)c3ccc(OC(=O)OCOC(=O)C(=C)C)cc3)c(C)c2)cc1. The number of hydrogen-bond acceptors (Lipinski definition) is 14. The van der Waals surface area contributed by atoms with E-state index in [1.807, 2.05) is 0 Å². The third-order valence-corrected chi connectivity index (χ3v) is 5.57. The summed E-state index contributed by atoms with van der Waals surface area (Å²) in [5.41, 5.74) is 1.04. The molecule has 14 nitrogen and oxygen atoms in total. The van der Waals surface area contributed by atoms with Crippen LogP contribution in [0.4, 0.5) is 9.59 Å². The molecule has 3 aromatic rings. The minimum atomic E-state index is -1.13. The zero-order chi connectivity index (χ0) is 34.5. The predicted molar refractivity (Wildman–Crippen MR) is 160 cm³/mol. The van der Waals surface area contributed by atoms with Crippen LogP contribution in [0.25, 0.3) is 0 Å². The van der Waals surface area contributed by atoms with E-state index in [0.29, 0.717) is 5.56 Å². The predicted octanol–water partition coefficient (Wildman–Crippen LogP) is 5.62. The number of rotatable bonds is 12. The lowest BCUT2D eigenvalue weighted by Gasteiger charge is -2.11. The largest absolute Gasteiger partial charge is 0.516 e. The average Bonchev–Trinajstić information content (AvgIpc) is 3.02. The Morgan fingerprint density at radius 1 is 0.532 bits per heavy atom. The molecule has 0 unspecified atom stereocenters. The molecule has 0 fully saturated rings. The van der Waals surface area contributed by atoms with Crippen molar-refractivity contribution in [1.82, 2.24) is 0 Å². The fourth-order valence-electron chi connectivity index (χ4n) is 3.20. The first-order valence-electron chi connectivity index (χ1n) is 13.4. The molecule has 0 aliphatic carbocycles.